The Morgan fingerprint density at radius 2 is 1.71 bits per heavy atom. The summed E-state index contributed by atoms with van der Waals surface area (Å²) in [4.78, 5) is 4.63. The lowest BCUT2D eigenvalue weighted by molar-refractivity contribution is 0.853. The van der Waals surface area contributed by atoms with E-state index >= 15 is 0 Å². The number of aromatic nitrogens is 2. The first-order valence-electron chi connectivity index (χ1n) is 7.34. The molecule has 1 N–H and O–H groups in total. The van der Waals surface area contributed by atoms with Crippen molar-refractivity contribution in [1.29, 1.82) is 0 Å². The second-order valence-electron chi connectivity index (χ2n) is 5.46. The van der Waals surface area contributed by atoms with E-state index in [1.807, 2.05) is 67.2 Å². The standard InChI is InChI=1S/C18H15Br2N3S/c1-11-8-15(19)17(16(20)9-11)21-10-14-12(2)22-23(18(14)24)13-6-4-3-5-7-13/h3-10,22H,1-2H3. The number of aryl methyl sites for hydroxylation is 2. The van der Waals surface area contributed by atoms with E-state index in [1.54, 1.807) is 0 Å². The quantitative estimate of drug-likeness (QED) is 0.351. The fourth-order valence-corrected chi connectivity index (χ4v) is 4.39. The number of para-hydroxylation sites is 1. The molecule has 0 fully saturated rings. The molecular weight excluding hydrogens is 450 g/mol. The Balaban J connectivity index is 2.03. The molecular formula is C18H15Br2N3S. The molecule has 0 aliphatic heterocycles. The number of hydrogen-bond acceptors (Lipinski definition) is 2. The number of benzene rings is 2. The van der Waals surface area contributed by atoms with Gasteiger partial charge in [0.15, 0.2) is 0 Å². The monoisotopic (exact) mass is 463 g/mol. The van der Waals surface area contributed by atoms with E-state index in [1.165, 1.54) is 0 Å². The molecule has 0 atom stereocenters. The fourth-order valence-electron chi connectivity index (χ4n) is 2.42. The van der Waals surface area contributed by atoms with Gasteiger partial charge in [-0.25, -0.2) is 4.68 Å². The number of H-pyrrole nitrogens is 1. The minimum atomic E-state index is 0.710. The molecule has 3 nitrogen and oxygen atoms in total. The molecule has 0 saturated carbocycles. The number of nitrogens with zero attached hydrogens (tertiary/aromatic N) is 2. The summed E-state index contributed by atoms with van der Waals surface area (Å²) < 4.78 is 4.49. The lowest BCUT2D eigenvalue weighted by Crippen LogP contribution is -1.95. The molecule has 0 amide bonds. The molecule has 0 unspecified atom stereocenters. The number of halogens is 2. The normalized spacial score (nSPS) is 11.3. The average Bonchev–Trinajstić information content (AvgIpc) is 2.82. The van der Waals surface area contributed by atoms with Crippen molar-refractivity contribution in [2.75, 3.05) is 0 Å². The number of nitrogens with one attached hydrogen (secondary N) is 1. The van der Waals surface area contributed by atoms with Gasteiger partial charge < -0.3 is 0 Å². The Labute approximate surface area is 162 Å². The van der Waals surface area contributed by atoms with Crippen molar-refractivity contribution in [2.45, 2.75) is 13.8 Å². The number of rotatable bonds is 3. The van der Waals surface area contributed by atoms with Gasteiger partial charge in [-0.1, -0.05) is 30.4 Å². The second-order valence-corrected chi connectivity index (χ2v) is 7.56. The third-order valence-electron chi connectivity index (χ3n) is 3.62. The number of hydrogen-bond donors (Lipinski definition) is 1. The van der Waals surface area contributed by atoms with Crippen LogP contribution in [0.2, 0.25) is 0 Å². The van der Waals surface area contributed by atoms with Crippen molar-refractivity contribution < 1.29 is 0 Å². The van der Waals surface area contributed by atoms with Gasteiger partial charge in [0, 0.05) is 20.9 Å². The van der Waals surface area contributed by atoms with E-state index in [2.05, 4.69) is 42.0 Å². The highest BCUT2D eigenvalue weighted by atomic mass is 79.9. The summed E-state index contributed by atoms with van der Waals surface area (Å²) in [5.41, 5.74) is 4.90. The van der Waals surface area contributed by atoms with E-state index in [0.29, 0.717) is 4.64 Å². The van der Waals surface area contributed by atoms with Gasteiger partial charge in [0.05, 0.1) is 16.9 Å². The molecule has 0 aliphatic carbocycles. The van der Waals surface area contributed by atoms with E-state index in [9.17, 15) is 0 Å². The minimum Gasteiger partial charge on any atom is -0.297 e. The second kappa shape index (κ2) is 7.17. The van der Waals surface area contributed by atoms with Crippen molar-refractivity contribution in [3.8, 4) is 5.69 Å². The zero-order valence-electron chi connectivity index (χ0n) is 13.2. The van der Waals surface area contributed by atoms with Crippen LogP contribution in [0.5, 0.6) is 0 Å². The van der Waals surface area contributed by atoms with E-state index < -0.39 is 0 Å². The summed E-state index contributed by atoms with van der Waals surface area (Å²) >= 11 is 12.7. The van der Waals surface area contributed by atoms with Crippen molar-refractivity contribution >= 4 is 56.0 Å². The summed E-state index contributed by atoms with van der Waals surface area (Å²) in [6.45, 7) is 4.04. The third-order valence-corrected chi connectivity index (χ3v) is 5.23. The van der Waals surface area contributed by atoms with Crippen LogP contribution in [-0.4, -0.2) is 16.0 Å². The van der Waals surface area contributed by atoms with Gasteiger partial charge in [0.1, 0.15) is 4.64 Å². The molecule has 1 heterocycles. The largest absolute Gasteiger partial charge is 0.297 e. The zero-order chi connectivity index (χ0) is 17.3. The molecule has 0 spiro atoms. The molecule has 3 aromatic rings. The van der Waals surface area contributed by atoms with Crippen LogP contribution in [0.25, 0.3) is 5.69 Å². The highest BCUT2D eigenvalue weighted by Crippen LogP contribution is 2.34. The predicted molar refractivity (Wildman–Crippen MR) is 110 cm³/mol. The van der Waals surface area contributed by atoms with Crippen LogP contribution in [0.1, 0.15) is 16.8 Å². The van der Waals surface area contributed by atoms with Gasteiger partial charge in [0.2, 0.25) is 0 Å². The zero-order valence-corrected chi connectivity index (χ0v) is 17.2. The summed E-state index contributed by atoms with van der Waals surface area (Å²) in [5.74, 6) is 0. The van der Waals surface area contributed by atoms with Gasteiger partial charge in [0.25, 0.3) is 0 Å². The van der Waals surface area contributed by atoms with Gasteiger partial charge in [-0.2, -0.15) is 0 Å². The Bertz CT molecular complexity index is 949. The van der Waals surface area contributed by atoms with Crippen molar-refractivity contribution in [3.63, 3.8) is 0 Å². The summed E-state index contributed by atoms with van der Waals surface area (Å²) in [6, 6.07) is 14.1. The van der Waals surface area contributed by atoms with Crippen LogP contribution in [0.15, 0.2) is 56.4 Å². The molecule has 24 heavy (non-hydrogen) atoms. The van der Waals surface area contributed by atoms with Gasteiger partial charge in [-0.05, 0) is 75.5 Å². The third kappa shape index (κ3) is 3.45. The molecule has 2 aromatic carbocycles. The van der Waals surface area contributed by atoms with Crippen molar-refractivity contribution in [2.24, 2.45) is 4.99 Å². The molecule has 1 aromatic heterocycles. The molecule has 0 bridgehead atoms. The van der Waals surface area contributed by atoms with Crippen molar-refractivity contribution in [1.82, 2.24) is 9.78 Å². The van der Waals surface area contributed by atoms with Crippen LogP contribution in [-0.2, 0) is 0 Å². The van der Waals surface area contributed by atoms with Crippen LogP contribution in [0.3, 0.4) is 0 Å². The Morgan fingerprint density at radius 1 is 1.08 bits per heavy atom. The highest BCUT2D eigenvalue weighted by Gasteiger charge is 2.09. The molecule has 122 valence electrons. The lowest BCUT2D eigenvalue weighted by atomic mass is 10.2. The van der Waals surface area contributed by atoms with Gasteiger partial charge in [-0.3, -0.25) is 10.1 Å². The minimum absolute atomic E-state index is 0.710. The maximum absolute atomic E-state index is 5.61. The smallest absolute Gasteiger partial charge is 0.136 e. The maximum Gasteiger partial charge on any atom is 0.136 e. The summed E-state index contributed by atoms with van der Waals surface area (Å²) in [6.07, 6.45) is 1.81. The first-order chi connectivity index (χ1) is 11.5. The maximum atomic E-state index is 5.61. The molecule has 0 radical (unpaired) electrons. The number of aromatic amines is 1. The first-order valence-corrected chi connectivity index (χ1v) is 9.33. The fraction of sp³-hybridized carbons (Fsp3) is 0.111. The Hall–Kier alpha value is -1.50. The van der Waals surface area contributed by atoms with E-state index in [0.717, 1.165) is 37.1 Å². The predicted octanol–water partition coefficient (Wildman–Crippen LogP) is 6.43. The molecule has 3 rings (SSSR count). The van der Waals surface area contributed by atoms with Crippen LogP contribution < -0.4 is 0 Å². The molecule has 0 aliphatic rings. The van der Waals surface area contributed by atoms with Crippen molar-refractivity contribution in [3.05, 3.63) is 72.9 Å². The summed E-state index contributed by atoms with van der Waals surface area (Å²) in [7, 11) is 0. The average molecular weight is 465 g/mol. The highest BCUT2D eigenvalue weighted by molar-refractivity contribution is 9.11. The SMILES string of the molecule is Cc1cc(Br)c(N=Cc2c(C)[nH]n(-c3ccccc3)c2=S)c(Br)c1. The lowest BCUT2D eigenvalue weighted by Gasteiger charge is -2.03. The molecule has 6 heteroatoms. The van der Waals surface area contributed by atoms with Gasteiger partial charge in [-0.15, -0.1) is 0 Å². The van der Waals surface area contributed by atoms with Crippen LogP contribution in [0, 0.1) is 18.5 Å². The number of aliphatic imine (C=N–C) groups is 1. The topological polar surface area (TPSA) is 33.1 Å². The first kappa shape index (κ1) is 17.3. The Morgan fingerprint density at radius 3 is 2.33 bits per heavy atom. The molecule has 0 saturated heterocycles. The van der Waals surface area contributed by atoms with Crippen LogP contribution >= 0.6 is 44.1 Å². The van der Waals surface area contributed by atoms with E-state index in [4.69, 9.17) is 12.2 Å². The Kier molecular flexibility index (Phi) is 5.18. The van der Waals surface area contributed by atoms with Crippen LogP contribution in [0.4, 0.5) is 5.69 Å². The van der Waals surface area contributed by atoms with E-state index in [-0.39, 0.29) is 0 Å². The summed E-state index contributed by atoms with van der Waals surface area (Å²) in [5, 5.41) is 3.30. The van der Waals surface area contributed by atoms with Gasteiger partial charge >= 0.3 is 0 Å².